The smallest absolute Gasteiger partial charge is 0.155 e. The number of benzene rings is 1. The molecular weight excluding hydrogens is 348 g/mol. The predicted octanol–water partition coefficient (Wildman–Crippen LogP) is 5.85. The zero-order valence-electron chi connectivity index (χ0n) is 15.6. The van der Waals surface area contributed by atoms with Crippen molar-refractivity contribution < 1.29 is 8.42 Å². The Morgan fingerprint density at radius 3 is 2.40 bits per heavy atom. The van der Waals surface area contributed by atoms with Gasteiger partial charge in [-0.15, -0.1) is 11.3 Å². The van der Waals surface area contributed by atoms with E-state index in [9.17, 15) is 8.42 Å². The van der Waals surface area contributed by atoms with E-state index < -0.39 is 14.6 Å². The Morgan fingerprint density at radius 1 is 1.04 bits per heavy atom. The van der Waals surface area contributed by atoms with E-state index in [1.165, 1.54) is 34.9 Å². The molecule has 1 aliphatic carbocycles. The summed E-state index contributed by atoms with van der Waals surface area (Å²) in [6.45, 7) is 5.45. The van der Waals surface area contributed by atoms with Crippen LogP contribution in [0.2, 0.25) is 0 Å². The van der Waals surface area contributed by atoms with Crippen LogP contribution in [0.15, 0.2) is 29.6 Å². The summed E-state index contributed by atoms with van der Waals surface area (Å²) in [4.78, 5) is 0. The highest BCUT2D eigenvalue weighted by molar-refractivity contribution is 7.92. The molecule has 1 aromatic heterocycles. The number of hydrogen-bond acceptors (Lipinski definition) is 3. The van der Waals surface area contributed by atoms with E-state index in [2.05, 4.69) is 29.6 Å². The summed E-state index contributed by atoms with van der Waals surface area (Å²) in [5.41, 5.74) is 1.43. The third-order valence-corrected chi connectivity index (χ3v) is 9.39. The van der Waals surface area contributed by atoms with Crippen molar-refractivity contribution in [1.82, 2.24) is 0 Å². The number of hydrogen-bond donors (Lipinski definition) is 0. The van der Waals surface area contributed by atoms with Gasteiger partial charge < -0.3 is 0 Å². The van der Waals surface area contributed by atoms with Gasteiger partial charge >= 0.3 is 0 Å². The van der Waals surface area contributed by atoms with Gasteiger partial charge in [0, 0.05) is 4.70 Å². The second-order valence-corrected chi connectivity index (χ2v) is 12.3. The second kappa shape index (κ2) is 7.40. The third-order valence-electron chi connectivity index (χ3n) is 5.71. The maximum atomic E-state index is 12.4. The summed E-state index contributed by atoms with van der Waals surface area (Å²) in [6.07, 6.45) is 6.89. The van der Waals surface area contributed by atoms with Crippen molar-refractivity contribution in [3.05, 3.63) is 35.2 Å². The molecule has 0 N–H and O–H groups in total. The molecule has 0 bridgehead atoms. The highest BCUT2D eigenvalue weighted by Crippen LogP contribution is 2.34. The van der Waals surface area contributed by atoms with Crippen LogP contribution in [0.4, 0.5) is 0 Å². The van der Waals surface area contributed by atoms with Crippen molar-refractivity contribution in [2.45, 2.75) is 64.0 Å². The molecule has 2 nitrogen and oxygen atoms in total. The molecule has 1 aliphatic rings. The predicted molar refractivity (Wildman–Crippen MR) is 109 cm³/mol. The molecule has 0 atom stereocenters. The van der Waals surface area contributed by atoms with Gasteiger partial charge in [-0.25, -0.2) is 8.42 Å². The maximum absolute atomic E-state index is 12.4. The molecule has 1 heterocycles. The van der Waals surface area contributed by atoms with E-state index in [-0.39, 0.29) is 0 Å². The van der Waals surface area contributed by atoms with Gasteiger partial charge in [-0.3, -0.25) is 0 Å². The fourth-order valence-electron chi connectivity index (χ4n) is 3.79. The maximum Gasteiger partial charge on any atom is 0.155 e. The van der Waals surface area contributed by atoms with Gasteiger partial charge in [0.05, 0.1) is 10.5 Å². The molecule has 3 rings (SSSR count). The molecule has 1 aromatic carbocycles. The van der Waals surface area contributed by atoms with Gasteiger partial charge in [0.1, 0.15) is 0 Å². The number of fused-ring (bicyclic) bond motifs is 1. The lowest BCUT2D eigenvalue weighted by molar-refractivity contribution is 0.278. The molecule has 1 saturated carbocycles. The van der Waals surface area contributed by atoms with Crippen LogP contribution < -0.4 is 0 Å². The molecule has 0 spiro atoms. The molecule has 0 aliphatic heterocycles. The highest BCUT2D eigenvalue weighted by atomic mass is 32.2. The third kappa shape index (κ3) is 4.65. The molecule has 0 unspecified atom stereocenters. The van der Waals surface area contributed by atoms with Crippen LogP contribution in [0, 0.1) is 11.8 Å². The fourth-order valence-corrected chi connectivity index (χ4v) is 6.01. The van der Waals surface area contributed by atoms with Crippen molar-refractivity contribution in [1.29, 1.82) is 0 Å². The average molecular weight is 379 g/mol. The number of thiophene rings is 1. The minimum atomic E-state index is -2.98. The van der Waals surface area contributed by atoms with E-state index in [1.807, 2.05) is 20.8 Å². The van der Waals surface area contributed by atoms with E-state index in [0.717, 1.165) is 25.2 Å². The molecule has 1 fully saturated rings. The first kappa shape index (κ1) is 18.9. The normalized spacial score (nSPS) is 22.4. The molecule has 25 heavy (non-hydrogen) atoms. The first-order valence-corrected chi connectivity index (χ1v) is 12.0. The zero-order chi connectivity index (χ0) is 18.1. The molecule has 2 aromatic rings. The summed E-state index contributed by atoms with van der Waals surface area (Å²) < 4.78 is 25.5. The van der Waals surface area contributed by atoms with Crippen LogP contribution in [0.3, 0.4) is 0 Å². The summed E-state index contributed by atoms with van der Waals surface area (Å²) in [7, 11) is -2.98. The van der Waals surface area contributed by atoms with Crippen LogP contribution >= 0.6 is 11.3 Å². The monoisotopic (exact) mass is 378 g/mol. The first-order valence-electron chi connectivity index (χ1n) is 9.43. The lowest BCUT2D eigenvalue weighted by Gasteiger charge is -2.30. The highest BCUT2D eigenvalue weighted by Gasteiger charge is 2.33. The average Bonchev–Trinajstić information content (AvgIpc) is 3.00. The van der Waals surface area contributed by atoms with Crippen molar-refractivity contribution in [3.8, 4) is 0 Å². The molecule has 0 saturated heterocycles. The van der Waals surface area contributed by atoms with Gasteiger partial charge in [-0.05, 0) is 86.8 Å². The Kier molecular flexibility index (Phi) is 5.60. The Labute approximate surface area is 156 Å². The van der Waals surface area contributed by atoms with Crippen LogP contribution in [-0.2, 0) is 16.3 Å². The number of aryl methyl sites for hydroxylation is 1. The van der Waals surface area contributed by atoms with Gasteiger partial charge in [-0.1, -0.05) is 25.0 Å². The van der Waals surface area contributed by atoms with Crippen LogP contribution in [0.25, 0.3) is 10.1 Å². The Bertz CT molecular complexity index is 804. The van der Waals surface area contributed by atoms with E-state index in [0.29, 0.717) is 11.7 Å². The Balaban J connectivity index is 1.48. The van der Waals surface area contributed by atoms with E-state index >= 15 is 0 Å². The van der Waals surface area contributed by atoms with Crippen LogP contribution in [0.1, 0.15) is 58.4 Å². The van der Waals surface area contributed by atoms with Gasteiger partial charge in [0.2, 0.25) is 0 Å². The standard InChI is InChI=1S/C21H30O2S2/c1-21(2,3)25(22,23)15-18-8-5-16(6-9-18)4-7-17-10-11-20-19(14-17)12-13-24-20/h10-14,16,18H,4-9,15H2,1-3H3. The van der Waals surface area contributed by atoms with Crippen LogP contribution in [0.5, 0.6) is 0 Å². The zero-order valence-corrected chi connectivity index (χ0v) is 17.3. The minimum absolute atomic E-state index is 0.364. The molecule has 4 heteroatoms. The number of rotatable bonds is 5. The molecular formula is C21H30O2S2. The van der Waals surface area contributed by atoms with Crippen LogP contribution in [-0.4, -0.2) is 18.9 Å². The van der Waals surface area contributed by atoms with Gasteiger partial charge in [0.15, 0.2) is 9.84 Å². The van der Waals surface area contributed by atoms with Crippen molar-refractivity contribution in [3.63, 3.8) is 0 Å². The van der Waals surface area contributed by atoms with E-state index in [1.54, 1.807) is 11.3 Å². The van der Waals surface area contributed by atoms with Gasteiger partial charge in [-0.2, -0.15) is 0 Å². The summed E-state index contributed by atoms with van der Waals surface area (Å²) in [6, 6.07) is 9.03. The lowest BCUT2D eigenvalue weighted by atomic mass is 9.80. The van der Waals surface area contributed by atoms with Crippen molar-refractivity contribution >= 4 is 31.3 Å². The Hall–Kier alpha value is -0.870. The van der Waals surface area contributed by atoms with E-state index in [4.69, 9.17) is 0 Å². The molecule has 0 radical (unpaired) electrons. The van der Waals surface area contributed by atoms with Crippen molar-refractivity contribution in [2.75, 3.05) is 5.75 Å². The molecule has 138 valence electrons. The first-order chi connectivity index (χ1) is 11.7. The summed E-state index contributed by atoms with van der Waals surface area (Å²) >= 11 is 1.80. The summed E-state index contributed by atoms with van der Waals surface area (Å²) in [5.74, 6) is 1.49. The fraction of sp³-hybridized carbons (Fsp3) is 0.619. The van der Waals surface area contributed by atoms with Gasteiger partial charge in [0.25, 0.3) is 0 Å². The topological polar surface area (TPSA) is 34.1 Å². The number of sulfone groups is 1. The second-order valence-electron chi connectivity index (χ2n) is 8.61. The lowest BCUT2D eigenvalue weighted by Crippen LogP contribution is -2.34. The Morgan fingerprint density at radius 2 is 1.72 bits per heavy atom. The largest absolute Gasteiger partial charge is 0.228 e. The quantitative estimate of drug-likeness (QED) is 0.653. The summed E-state index contributed by atoms with van der Waals surface area (Å²) in [5, 5.41) is 3.51. The minimum Gasteiger partial charge on any atom is -0.228 e. The SMILES string of the molecule is CC(C)(C)S(=O)(=O)CC1CCC(CCc2ccc3sccc3c2)CC1. The van der Waals surface area contributed by atoms with Crippen molar-refractivity contribution in [2.24, 2.45) is 11.8 Å². The molecule has 0 amide bonds.